The minimum absolute atomic E-state index is 0.0913. The molecule has 0 unspecified atom stereocenters. The van der Waals surface area contributed by atoms with E-state index in [1.54, 1.807) is 37.4 Å². The summed E-state index contributed by atoms with van der Waals surface area (Å²) in [7, 11) is 3.56. The molecule has 148 valence electrons. The average Bonchev–Trinajstić information content (AvgIpc) is 2.71. The van der Waals surface area contributed by atoms with Crippen LogP contribution in [0.3, 0.4) is 0 Å². The predicted molar refractivity (Wildman–Crippen MR) is 108 cm³/mol. The molecule has 3 rings (SSSR count). The molecule has 0 aliphatic heterocycles. The summed E-state index contributed by atoms with van der Waals surface area (Å²) in [5.41, 5.74) is 0.703. The van der Waals surface area contributed by atoms with Crippen LogP contribution >= 0.6 is 0 Å². The molecule has 28 heavy (non-hydrogen) atoms. The molecule has 0 aliphatic rings. The molecule has 0 saturated heterocycles. The van der Waals surface area contributed by atoms with Gasteiger partial charge in [-0.1, -0.05) is 13.3 Å². The number of hydrogen-bond donors (Lipinski definition) is 1. The lowest BCUT2D eigenvalue weighted by Crippen LogP contribution is -2.19. The van der Waals surface area contributed by atoms with E-state index >= 15 is 0 Å². The smallest absolute Gasteiger partial charge is 0.235 e. The van der Waals surface area contributed by atoms with E-state index in [2.05, 4.69) is 11.8 Å². The lowest BCUT2D eigenvalue weighted by molar-refractivity contribution is 0.314. The SMILES string of the molecule is CCCCN(C)Cc1c(O)ccc2c(=O)c(Oc3ccc(OC)cc3)coc12. The van der Waals surface area contributed by atoms with Crippen molar-refractivity contribution >= 4 is 11.0 Å². The molecule has 1 heterocycles. The van der Waals surface area contributed by atoms with Gasteiger partial charge in [-0.15, -0.1) is 0 Å². The van der Waals surface area contributed by atoms with Crippen LogP contribution in [0.2, 0.25) is 0 Å². The fourth-order valence-corrected chi connectivity index (χ4v) is 3.00. The molecule has 0 aliphatic carbocycles. The van der Waals surface area contributed by atoms with Crippen molar-refractivity contribution in [3.8, 4) is 23.0 Å². The summed E-state index contributed by atoms with van der Waals surface area (Å²) in [6, 6.07) is 10.0. The lowest BCUT2D eigenvalue weighted by Gasteiger charge is -2.18. The van der Waals surface area contributed by atoms with Crippen LogP contribution in [0, 0.1) is 0 Å². The van der Waals surface area contributed by atoms with Gasteiger partial charge in [0.25, 0.3) is 0 Å². The van der Waals surface area contributed by atoms with Gasteiger partial charge in [0.05, 0.1) is 18.1 Å². The van der Waals surface area contributed by atoms with Crippen molar-refractivity contribution in [1.29, 1.82) is 0 Å². The summed E-state index contributed by atoms with van der Waals surface area (Å²) < 4.78 is 16.5. The first kappa shape index (κ1) is 19.8. The number of nitrogens with zero attached hydrogens (tertiary/aromatic N) is 1. The van der Waals surface area contributed by atoms with Crippen LogP contribution in [0.1, 0.15) is 25.3 Å². The highest BCUT2D eigenvalue weighted by atomic mass is 16.5. The minimum Gasteiger partial charge on any atom is -0.507 e. The minimum atomic E-state index is -0.283. The van der Waals surface area contributed by atoms with Gasteiger partial charge >= 0.3 is 0 Å². The number of rotatable bonds is 8. The van der Waals surface area contributed by atoms with E-state index in [1.165, 1.54) is 12.3 Å². The van der Waals surface area contributed by atoms with E-state index in [4.69, 9.17) is 13.9 Å². The summed E-state index contributed by atoms with van der Waals surface area (Å²) in [6.45, 7) is 3.52. The Labute approximate surface area is 163 Å². The van der Waals surface area contributed by atoms with Crippen LogP contribution in [0.5, 0.6) is 23.0 Å². The molecule has 2 aromatic carbocycles. The molecule has 0 spiro atoms. The number of benzene rings is 2. The number of aromatic hydroxyl groups is 1. The highest BCUT2D eigenvalue weighted by Gasteiger charge is 2.16. The fraction of sp³-hybridized carbons (Fsp3) is 0.318. The van der Waals surface area contributed by atoms with Crippen LogP contribution in [-0.2, 0) is 6.54 Å². The van der Waals surface area contributed by atoms with E-state index in [0.29, 0.717) is 34.6 Å². The number of methoxy groups -OCH3 is 1. The van der Waals surface area contributed by atoms with Gasteiger partial charge < -0.3 is 23.9 Å². The number of unbranched alkanes of at least 4 members (excludes halogenated alkanes) is 1. The maximum Gasteiger partial charge on any atom is 0.235 e. The Bertz CT molecular complexity index is 994. The van der Waals surface area contributed by atoms with Crippen molar-refractivity contribution in [3.63, 3.8) is 0 Å². The summed E-state index contributed by atoms with van der Waals surface area (Å²) in [6.07, 6.45) is 3.45. The number of phenols is 1. The Balaban J connectivity index is 1.92. The summed E-state index contributed by atoms with van der Waals surface area (Å²) in [5.74, 6) is 1.41. The molecule has 1 N–H and O–H groups in total. The van der Waals surface area contributed by atoms with Gasteiger partial charge in [-0.2, -0.15) is 0 Å². The van der Waals surface area contributed by atoms with E-state index < -0.39 is 0 Å². The maximum absolute atomic E-state index is 12.9. The van der Waals surface area contributed by atoms with Gasteiger partial charge in [0.15, 0.2) is 0 Å². The number of fused-ring (bicyclic) bond motifs is 1. The normalized spacial score (nSPS) is 11.1. The van der Waals surface area contributed by atoms with Crippen molar-refractivity contribution in [3.05, 3.63) is 58.4 Å². The maximum atomic E-state index is 12.9. The predicted octanol–water partition coefficient (Wildman–Crippen LogP) is 4.53. The molecule has 0 amide bonds. The van der Waals surface area contributed by atoms with Gasteiger partial charge in [-0.25, -0.2) is 0 Å². The third-order valence-corrected chi connectivity index (χ3v) is 4.60. The third-order valence-electron chi connectivity index (χ3n) is 4.60. The summed E-state index contributed by atoms with van der Waals surface area (Å²) >= 11 is 0. The second-order valence-electron chi connectivity index (χ2n) is 6.74. The summed E-state index contributed by atoms with van der Waals surface area (Å²) in [4.78, 5) is 15.0. The molecule has 0 bridgehead atoms. The molecule has 3 aromatic rings. The first-order valence-corrected chi connectivity index (χ1v) is 9.30. The van der Waals surface area contributed by atoms with Crippen LogP contribution in [-0.4, -0.2) is 30.7 Å². The average molecular weight is 383 g/mol. The highest BCUT2D eigenvalue weighted by Crippen LogP contribution is 2.29. The zero-order valence-corrected chi connectivity index (χ0v) is 16.4. The van der Waals surface area contributed by atoms with Crippen LogP contribution in [0.4, 0.5) is 0 Å². The van der Waals surface area contributed by atoms with Gasteiger partial charge in [0.2, 0.25) is 11.2 Å². The van der Waals surface area contributed by atoms with Crippen LogP contribution in [0.15, 0.2) is 51.9 Å². The molecule has 0 saturated carbocycles. The first-order valence-electron chi connectivity index (χ1n) is 9.30. The van der Waals surface area contributed by atoms with Crippen LogP contribution in [0.25, 0.3) is 11.0 Å². The van der Waals surface area contributed by atoms with E-state index in [-0.39, 0.29) is 16.9 Å². The molecule has 0 radical (unpaired) electrons. The molecule has 0 atom stereocenters. The van der Waals surface area contributed by atoms with Crippen molar-refractivity contribution in [1.82, 2.24) is 4.90 Å². The van der Waals surface area contributed by atoms with Gasteiger partial charge in [-0.3, -0.25) is 4.79 Å². The Kier molecular flexibility index (Phi) is 6.21. The van der Waals surface area contributed by atoms with Crippen molar-refractivity contribution in [2.45, 2.75) is 26.3 Å². The standard InChI is InChI=1S/C22H25NO5/c1-4-5-12-23(2)13-18-19(24)11-10-17-21(25)20(14-27-22(17)18)28-16-8-6-15(26-3)7-9-16/h6-11,14,24H,4-5,12-13H2,1-3H3. The summed E-state index contributed by atoms with van der Waals surface area (Å²) in [5, 5.41) is 10.7. The Morgan fingerprint density at radius 3 is 2.50 bits per heavy atom. The quantitative estimate of drug-likeness (QED) is 0.616. The first-order chi connectivity index (χ1) is 13.5. The Hall–Kier alpha value is -2.99. The molecule has 6 heteroatoms. The molecular weight excluding hydrogens is 358 g/mol. The van der Waals surface area contributed by atoms with E-state index in [9.17, 15) is 9.90 Å². The largest absolute Gasteiger partial charge is 0.507 e. The monoisotopic (exact) mass is 383 g/mol. The van der Waals surface area contributed by atoms with Gasteiger partial charge in [0, 0.05) is 6.54 Å². The third kappa shape index (κ3) is 4.28. The van der Waals surface area contributed by atoms with E-state index in [0.717, 1.165) is 19.4 Å². The van der Waals surface area contributed by atoms with Crippen molar-refractivity contribution in [2.75, 3.05) is 20.7 Å². The zero-order valence-electron chi connectivity index (χ0n) is 16.4. The molecule has 1 aromatic heterocycles. The molecule has 6 nitrogen and oxygen atoms in total. The van der Waals surface area contributed by atoms with Crippen molar-refractivity contribution < 1.29 is 19.0 Å². The highest BCUT2D eigenvalue weighted by molar-refractivity contribution is 5.83. The molecule has 0 fully saturated rings. The zero-order chi connectivity index (χ0) is 20.1. The number of ether oxygens (including phenoxy) is 2. The van der Waals surface area contributed by atoms with Crippen molar-refractivity contribution in [2.24, 2.45) is 0 Å². The fourth-order valence-electron chi connectivity index (χ4n) is 3.00. The topological polar surface area (TPSA) is 72.1 Å². The Morgan fingerprint density at radius 1 is 1.11 bits per heavy atom. The second kappa shape index (κ2) is 8.80. The second-order valence-corrected chi connectivity index (χ2v) is 6.74. The Morgan fingerprint density at radius 2 is 1.82 bits per heavy atom. The van der Waals surface area contributed by atoms with Crippen LogP contribution < -0.4 is 14.9 Å². The van der Waals surface area contributed by atoms with E-state index in [1.807, 2.05) is 7.05 Å². The number of phenolic OH excluding ortho intramolecular Hbond substituents is 1. The molecular formula is C22H25NO5. The lowest BCUT2D eigenvalue weighted by atomic mass is 10.1. The van der Waals surface area contributed by atoms with Gasteiger partial charge in [0.1, 0.15) is 29.1 Å². The van der Waals surface area contributed by atoms with Gasteiger partial charge in [-0.05, 0) is 56.4 Å². The number of hydrogen-bond acceptors (Lipinski definition) is 6.